The first-order chi connectivity index (χ1) is 12.6. The first-order valence-electron chi connectivity index (χ1n) is 7.54. The SMILES string of the molecule is CNc1nc(=O)n(-c2ccccc2Cl)c2cc(C(F)(F)F)c(C(F)F)cc12. The first-order valence-corrected chi connectivity index (χ1v) is 7.91. The van der Waals surface area contributed by atoms with Gasteiger partial charge in [-0.15, -0.1) is 0 Å². The van der Waals surface area contributed by atoms with Crippen molar-refractivity contribution >= 4 is 28.3 Å². The van der Waals surface area contributed by atoms with Crippen LogP contribution in [0.1, 0.15) is 17.6 Å². The highest BCUT2D eigenvalue weighted by Crippen LogP contribution is 2.40. The van der Waals surface area contributed by atoms with Gasteiger partial charge in [-0.2, -0.15) is 18.2 Å². The van der Waals surface area contributed by atoms with Gasteiger partial charge < -0.3 is 5.32 Å². The Morgan fingerprint density at radius 1 is 1.19 bits per heavy atom. The summed E-state index contributed by atoms with van der Waals surface area (Å²) in [5.74, 6) is -0.117. The largest absolute Gasteiger partial charge is 0.416 e. The Balaban J connectivity index is 2.53. The van der Waals surface area contributed by atoms with Crippen LogP contribution in [0.4, 0.5) is 27.8 Å². The highest BCUT2D eigenvalue weighted by Gasteiger charge is 2.37. The second-order valence-electron chi connectivity index (χ2n) is 5.53. The zero-order valence-corrected chi connectivity index (χ0v) is 14.4. The third-order valence-corrected chi connectivity index (χ3v) is 4.25. The van der Waals surface area contributed by atoms with Gasteiger partial charge in [-0.1, -0.05) is 23.7 Å². The number of alkyl halides is 5. The molecule has 0 unspecified atom stereocenters. The maximum Gasteiger partial charge on any atom is 0.416 e. The lowest BCUT2D eigenvalue weighted by molar-refractivity contribution is -0.139. The summed E-state index contributed by atoms with van der Waals surface area (Å²) in [4.78, 5) is 16.2. The number of nitrogens with one attached hydrogen (secondary N) is 1. The predicted octanol–water partition coefficient (Wildman–Crippen LogP) is 5.04. The average Bonchev–Trinajstić information content (AvgIpc) is 2.60. The first kappa shape index (κ1) is 19.1. The molecule has 0 amide bonds. The van der Waals surface area contributed by atoms with Crippen molar-refractivity contribution in [3.05, 3.63) is 63.0 Å². The maximum absolute atomic E-state index is 13.4. The summed E-state index contributed by atoms with van der Waals surface area (Å²) in [7, 11) is 1.38. The number of para-hydroxylation sites is 1. The molecule has 1 aromatic heterocycles. The van der Waals surface area contributed by atoms with Gasteiger partial charge in [0.1, 0.15) is 5.82 Å². The van der Waals surface area contributed by atoms with E-state index in [1.54, 1.807) is 6.07 Å². The number of hydrogen-bond acceptors (Lipinski definition) is 3. The lowest BCUT2D eigenvalue weighted by Gasteiger charge is -2.18. The Morgan fingerprint density at radius 3 is 2.41 bits per heavy atom. The molecule has 2 aromatic carbocycles. The number of halogens is 6. The van der Waals surface area contributed by atoms with Gasteiger partial charge in [0.25, 0.3) is 6.43 Å². The molecule has 0 radical (unpaired) electrons. The molecule has 3 rings (SSSR count). The zero-order valence-electron chi connectivity index (χ0n) is 13.6. The van der Waals surface area contributed by atoms with Crippen LogP contribution in [0, 0.1) is 0 Å². The molecule has 0 aliphatic rings. The van der Waals surface area contributed by atoms with Gasteiger partial charge in [0.2, 0.25) is 0 Å². The fraction of sp³-hybridized carbons (Fsp3) is 0.176. The van der Waals surface area contributed by atoms with Crippen molar-refractivity contribution in [3.8, 4) is 5.69 Å². The van der Waals surface area contributed by atoms with Gasteiger partial charge in [-0.05, 0) is 24.3 Å². The van der Waals surface area contributed by atoms with Crippen molar-refractivity contribution in [1.29, 1.82) is 0 Å². The molecule has 0 saturated carbocycles. The number of fused-ring (bicyclic) bond motifs is 1. The number of rotatable bonds is 3. The molecule has 0 aliphatic carbocycles. The van der Waals surface area contributed by atoms with Crippen LogP contribution in [0.15, 0.2) is 41.2 Å². The fourth-order valence-corrected chi connectivity index (χ4v) is 2.99. The molecule has 4 nitrogen and oxygen atoms in total. The smallest absolute Gasteiger partial charge is 0.372 e. The van der Waals surface area contributed by atoms with E-state index in [-0.39, 0.29) is 27.4 Å². The van der Waals surface area contributed by atoms with Crippen LogP contribution in [0.3, 0.4) is 0 Å². The van der Waals surface area contributed by atoms with Gasteiger partial charge in [0.15, 0.2) is 0 Å². The third-order valence-electron chi connectivity index (χ3n) is 3.93. The molecule has 0 bridgehead atoms. The normalized spacial score (nSPS) is 12.0. The van der Waals surface area contributed by atoms with Crippen molar-refractivity contribution in [2.75, 3.05) is 12.4 Å². The highest BCUT2D eigenvalue weighted by atomic mass is 35.5. The van der Waals surface area contributed by atoms with Gasteiger partial charge in [-0.25, -0.2) is 13.6 Å². The van der Waals surface area contributed by atoms with E-state index in [2.05, 4.69) is 10.3 Å². The molecule has 1 N–H and O–H groups in total. The van der Waals surface area contributed by atoms with Crippen molar-refractivity contribution in [2.45, 2.75) is 12.6 Å². The summed E-state index contributed by atoms with van der Waals surface area (Å²) in [5, 5.41) is 2.56. The third kappa shape index (κ3) is 3.34. The van der Waals surface area contributed by atoms with Crippen LogP contribution < -0.4 is 11.0 Å². The Morgan fingerprint density at radius 2 is 1.85 bits per heavy atom. The molecule has 0 aliphatic heterocycles. The number of hydrogen-bond donors (Lipinski definition) is 1. The quantitative estimate of drug-likeness (QED) is 0.623. The lowest BCUT2D eigenvalue weighted by Crippen LogP contribution is -2.24. The number of nitrogens with zero attached hydrogens (tertiary/aromatic N) is 2. The second kappa shape index (κ2) is 6.80. The molecule has 27 heavy (non-hydrogen) atoms. The summed E-state index contributed by atoms with van der Waals surface area (Å²) < 4.78 is 67.4. The van der Waals surface area contributed by atoms with Gasteiger partial charge >= 0.3 is 11.9 Å². The van der Waals surface area contributed by atoms with Crippen LogP contribution >= 0.6 is 11.6 Å². The number of anilines is 1. The van der Waals surface area contributed by atoms with Gasteiger partial charge in [0.05, 0.1) is 21.8 Å². The van der Waals surface area contributed by atoms with Crippen molar-refractivity contribution in [2.24, 2.45) is 0 Å². The van der Waals surface area contributed by atoms with E-state index in [1.165, 1.54) is 25.2 Å². The molecule has 0 atom stereocenters. The summed E-state index contributed by atoms with van der Waals surface area (Å²) in [5.41, 5.74) is -3.79. The molecule has 0 fully saturated rings. The van der Waals surface area contributed by atoms with Crippen LogP contribution in [0.2, 0.25) is 5.02 Å². The van der Waals surface area contributed by atoms with E-state index in [0.717, 1.165) is 4.57 Å². The topological polar surface area (TPSA) is 46.9 Å². The van der Waals surface area contributed by atoms with Crippen molar-refractivity contribution in [1.82, 2.24) is 9.55 Å². The Kier molecular flexibility index (Phi) is 4.81. The summed E-state index contributed by atoms with van der Waals surface area (Å²) in [6, 6.07) is 7.17. The standard InChI is InChI=1S/C17H11ClF5N3O/c1-24-15-9-6-8(14(19)20)10(17(21,22)23)7-13(9)26(16(27)25-15)12-5-3-2-4-11(12)18/h2-7,14H,1H3,(H,24,25,27). The van der Waals surface area contributed by atoms with Crippen molar-refractivity contribution in [3.63, 3.8) is 0 Å². The molecular formula is C17H11ClF5N3O. The Hall–Kier alpha value is -2.68. The number of aromatic nitrogens is 2. The van der Waals surface area contributed by atoms with E-state index in [1.807, 2.05) is 0 Å². The molecule has 0 saturated heterocycles. The van der Waals surface area contributed by atoms with Crippen LogP contribution in [-0.2, 0) is 6.18 Å². The minimum Gasteiger partial charge on any atom is -0.372 e. The monoisotopic (exact) mass is 403 g/mol. The maximum atomic E-state index is 13.4. The minimum absolute atomic E-state index is 0.0691. The Labute approximate surface area is 154 Å². The average molecular weight is 404 g/mol. The molecule has 1 heterocycles. The molecule has 0 spiro atoms. The fourth-order valence-electron chi connectivity index (χ4n) is 2.77. The number of benzene rings is 2. The van der Waals surface area contributed by atoms with Crippen LogP contribution in [0.5, 0.6) is 0 Å². The van der Waals surface area contributed by atoms with E-state index >= 15 is 0 Å². The minimum atomic E-state index is -5.04. The van der Waals surface area contributed by atoms with Gasteiger partial charge in [-0.3, -0.25) is 4.57 Å². The molecule has 142 valence electrons. The zero-order chi connectivity index (χ0) is 19.9. The lowest BCUT2D eigenvalue weighted by atomic mass is 10.0. The molecule has 10 heteroatoms. The molecule has 3 aromatic rings. The highest BCUT2D eigenvalue weighted by molar-refractivity contribution is 6.32. The Bertz CT molecular complexity index is 1080. The predicted molar refractivity (Wildman–Crippen MR) is 91.9 cm³/mol. The van der Waals surface area contributed by atoms with E-state index in [4.69, 9.17) is 11.6 Å². The summed E-state index contributed by atoms with van der Waals surface area (Å²) in [6.07, 6.45) is -8.40. The van der Waals surface area contributed by atoms with Gasteiger partial charge in [0, 0.05) is 18.0 Å². The van der Waals surface area contributed by atoms with Crippen LogP contribution in [-0.4, -0.2) is 16.6 Å². The molecular weight excluding hydrogens is 393 g/mol. The van der Waals surface area contributed by atoms with Crippen molar-refractivity contribution < 1.29 is 22.0 Å². The summed E-state index contributed by atoms with van der Waals surface area (Å²) in [6.45, 7) is 0. The van der Waals surface area contributed by atoms with E-state index in [9.17, 15) is 26.7 Å². The van der Waals surface area contributed by atoms with Crippen LogP contribution in [0.25, 0.3) is 16.6 Å². The van der Waals surface area contributed by atoms with E-state index in [0.29, 0.717) is 12.1 Å². The second-order valence-corrected chi connectivity index (χ2v) is 5.94. The van der Waals surface area contributed by atoms with E-state index < -0.39 is 29.4 Å². The summed E-state index contributed by atoms with van der Waals surface area (Å²) >= 11 is 6.07.